The number of nitrogens with zero attached hydrogens (tertiary/aromatic N) is 3. The highest BCUT2D eigenvalue weighted by atomic mass is 35.5. The van der Waals surface area contributed by atoms with Gasteiger partial charge in [0, 0.05) is 34.4 Å². The lowest BCUT2D eigenvalue weighted by Crippen LogP contribution is -2.16. The molecule has 0 amide bonds. The summed E-state index contributed by atoms with van der Waals surface area (Å²) >= 11 is 6.43. The molecule has 0 atom stereocenters. The molecule has 0 spiro atoms. The highest BCUT2D eigenvalue weighted by molar-refractivity contribution is 6.32. The van der Waals surface area contributed by atoms with Crippen LogP contribution in [0, 0.1) is 25.2 Å². The van der Waals surface area contributed by atoms with Gasteiger partial charge in [-0.2, -0.15) is 15.5 Å². The van der Waals surface area contributed by atoms with Crippen molar-refractivity contribution < 1.29 is 9.53 Å². The van der Waals surface area contributed by atoms with Crippen LogP contribution in [-0.2, 0) is 6.42 Å². The van der Waals surface area contributed by atoms with Gasteiger partial charge in [-0.15, -0.1) is 0 Å². The first kappa shape index (κ1) is 23.9. The van der Waals surface area contributed by atoms with Crippen molar-refractivity contribution in [3.8, 4) is 28.7 Å². The zero-order valence-corrected chi connectivity index (χ0v) is 19.9. The molecule has 0 fully saturated rings. The summed E-state index contributed by atoms with van der Waals surface area (Å²) in [6.07, 6.45) is 3.62. The number of carbonyl (C=O) groups is 1. The van der Waals surface area contributed by atoms with Crippen LogP contribution in [0.2, 0.25) is 5.02 Å². The fourth-order valence-electron chi connectivity index (χ4n) is 3.87. The predicted octanol–water partition coefficient (Wildman–Crippen LogP) is 5.58. The third-order valence-electron chi connectivity index (χ3n) is 5.60. The van der Waals surface area contributed by atoms with Gasteiger partial charge in [-0.1, -0.05) is 23.7 Å². The first-order valence-corrected chi connectivity index (χ1v) is 11.3. The molecule has 7 nitrogen and oxygen atoms in total. The summed E-state index contributed by atoms with van der Waals surface area (Å²) in [5, 5.41) is 17.6. The molecule has 174 valence electrons. The quantitative estimate of drug-likeness (QED) is 0.343. The molecule has 0 unspecified atom stereocenters. The van der Waals surface area contributed by atoms with Crippen molar-refractivity contribution in [3.05, 3.63) is 104 Å². The summed E-state index contributed by atoms with van der Waals surface area (Å²) < 4.78 is 5.95. The third kappa shape index (κ3) is 5.29. The average Bonchev–Trinajstić information content (AvgIpc) is 2.84. The molecule has 35 heavy (non-hydrogen) atoms. The second-order valence-electron chi connectivity index (χ2n) is 8.04. The summed E-state index contributed by atoms with van der Waals surface area (Å²) in [6, 6.07) is 15.8. The van der Waals surface area contributed by atoms with E-state index in [2.05, 4.69) is 21.3 Å². The number of Topliss-reactive ketones (excluding diaryl/α,β-unsaturated/α-hetero) is 1. The maximum absolute atomic E-state index is 12.8. The Morgan fingerprint density at radius 1 is 1.11 bits per heavy atom. The maximum atomic E-state index is 12.8. The van der Waals surface area contributed by atoms with Gasteiger partial charge < -0.3 is 9.72 Å². The Balaban J connectivity index is 1.53. The van der Waals surface area contributed by atoms with Gasteiger partial charge in [-0.3, -0.25) is 9.59 Å². The molecule has 2 aromatic carbocycles. The first-order valence-electron chi connectivity index (χ1n) is 10.9. The van der Waals surface area contributed by atoms with Gasteiger partial charge in [0.05, 0.1) is 17.4 Å². The molecular formula is C27H21ClN4O3. The van der Waals surface area contributed by atoms with Gasteiger partial charge in [0.1, 0.15) is 23.1 Å². The topological polar surface area (TPSA) is 109 Å². The molecule has 0 saturated heterocycles. The fraction of sp³-hybridized carbons (Fsp3) is 0.148. The molecular weight excluding hydrogens is 464 g/mol. The van der Waals surface area contributed by atoms with Crippen LogP contribution in [0.15, 0.2) is 65.7 Å². The van der Waals surface area contributed by atoms with E-state index in [4.69, 9.17) is 16.3 Å². The Kier molecular flexibility index (Phi) is 7.04. The molecule has 0 radical (unpaired) electrons. The Morgan fingerprint density at radius 3 is 2.63 bits per heavy atom. The standard InChI is InChI=1S/C27H21ClN4O3/c1-16-12-17(2)32-27(34)20(16)7-8-24(33)18-6-9-26(23(28)13-18)35-25-5-3-4-21(22(25)14-29)19-10-11-30-31-15-19/h3-6,9-13,15H,7-8H2,1-2H3,(H,32,34). The third-order valence-corrected chi connectivity index (χ3v) is 5.90. The van der Waals surface area contributed by atoms with Crippen LogP contribution in [0.25, 0.3) is 11.1 Å². The number of H-pyrrole nitrogens is 1. The number of nitrogens with one attached hydrogen (secondary N) is 1. The van der Waals surface area contributed by atoms with Crippen LogP contribution < -0.4 is 10.3 Å². The lowest BCUT2D eigenvalue weighted by molar-refractivity contribution is 0.0982. The van der Waals surface area contributed by atoms with Crippen molar-refractivity contribution in [2.45, 2.75) is 26.7 Å². The van der Waals surface area contributed by atoms with Gasteiger partial charge in [-0.25, -0.2) is 0 Å². The molecule has 2 aromatic heterocycles. The number of halogens is 1. The second kappa shape index (κ2) is 10.3. The molecule has 0 bridgehead atoms. The summed E-state index contributed by atoms with van der Waals surface area (Å²) in [5.41, 5.74) is 4.21. The number of ketones is 1. The van der Waals surface area contributed by atoms with Gasteiger partial charge in [-0.05, 0) is 62.2 Å². The minimum absolute atomic E-state index is 0.136. The normalized spacial score (nSPS) is 10.6. The van der Waals surface area contributed by atoms with Crippen molar-refractivity contribution in [2.75, 3.05) is 0 Å². The Bertz CT molecular complexity index is 1510. The number of ether oxygens (including phenoxy) is 1. The second-order valence-corrected chi connectivity index (χ2v) is 8.44. The lowest BCUT2D eigenvalue weighted by atomic mass is 10.0. The van der Waals surface area contributed by atoms with Crippen molar-refractivity contribution in [3.63, 3.8) is 0 Å². The van der Waals surface area contributed by atoms with Crippen LogP contribution in [-0.4, -0.2) is 21.0 Å². The number of rotatable bonds is 7. The fourth-order valence-corrected chi connectivity index (χ4v) is 4.09. The van der Waals surface area contributed by atoms with Crippen LogP contribution in [0.1, 0.15) is 39.2 Å². The predicted molar refractivity (Wildman–Crippen MR) is 133 cm³/mol. The summed E-state index contributed by atoms with van der Waals surface area (Å²) in [6.45, 7) is 3.68. The molecule has 2 heterocycles. The van der Waals surface area contributed by atoms with Crippen molar-refractivity contribution in [1.29, 1.82) is 5.26 Å². The number of aryl methyl sites for hydroxylation is 2. The molecule has 0 aliphatic rings. The van der Waals surface area contributed by atoms with Crippen molar-refractivity contribution in [1.82, 2.24) is 15.2 Å². The van der Waals surface area contributed by atoms with Gasteiger partial charge >= 0.3 is 0 Å². The van der Waals surface area contributed by atoms with Crippen molar-refractivity contribution in [2.24, 2.45) is 0 Å². The molecule has 0 aliphatic carbocycles. The Morgan fingerprint density at radius 2 is 1.94 bits per heavy atom. The van der Waals surface area contributed by atoms with Crippen LogP contribution in [0.5, 0.6) is 11.5 Å². The van der Waals surface area contributed by atoms with E-state index in [0.29, 0.717) is 40.2 Å². The van der Waals surface area contributed by atoms with E-state index >= 15 is 0 Å². The van der Waals surface area contributed by atoms with E-state index in [9.17, 15) is 14.9 Å². The lowest BCUT2D eigenvalue weighted by Gasteiger charge is -2.13. The number of benzene rings is 2. The smallest absolute Gasteiger partial charge is 0.251 e. The number of hydrogen-bond donors (Lipinski definition) is 1. The zero-order valence-electron chi connectivity index (χ0n) is 19.1. The highest BCUT2D eigenvalue weighted by Gasteiger charge is 2.16. The Labute approximate surface area is 207 Å². The molecule has 8 heteroatoms. The van der Waals surface area contributed by atoms with E-state index < -0.39 is 0 Å². The number of aromatic nitrogens is 3. The van der Waals surface area contributed by atoms with Crippen molar-refractivity contribution >= 4 is 17.4 Å². The van der Waals surface area contributed by atoms with E-state index in [1.165, 1.54) is 6.07 Å². The van der Waals surface area contributed by atoms with E-state index in [1.54, 1.807) is 48.8 Å². The number of pyridine rings is 1. The van der Waals surface area contributed by atoms with Crippen LogP contribution >= 0.6 is 11.6 Å². The maximum Gasteiger partial charge on any atom is 0.251 e. The molecule has 4 rings (SSSR count). The average molecular weight is 485 g/mol. The minimum atomic E-state index is -0.171. The van der Waals surface area contributed by atoms with Crippen LogP contribution in [0.3, 0.4) is 0 Å². The van der Waals surface area contributed by atoms with Crippen LogP contribution in [0.4, 0.5) is 0 Å². The largest absolute Gasteiger partial charge is 0.454 e. The van der Waals surface area contributed by atoms with E-state index in [0.717, 1.165) is 16.8 Å². The summed E-state index contributed by atoms with van der Waals surface area (Å²) in [5.74, 6) is 0.509. The highest BCUT2D eigenvalue weighted by Crippen LogP contribution is 2.35. The molecule has 0 saturated carbocycles. The SMILES string of the molecule is Cc1cc(C)c(CCC(=O)c2ccc(Oc3cccc(-c4ccnnc4)c3C#N)c(Cl)c2)c(=O)[nH]1. The number of carbonyl (C=O) groups excluding carboxylic acids is 1. The number of hydrogen-bond acceptors (Lipinski definition) is 6. The first-order chi connectivity index (χ1) is 16.9. The van der Waals surface area contributed by atoms with Gasteiger partial charge in [0.15, 0.2) is 5.78 Å². The van der Waals surface area contributed by atoms with Gasteiger partial charge in [0.2, 0.25) is 0 Å². The molecule has 4 aromatic rings. The minimum Gasteiger partial charge on any atom is -0.454 e. The number of aromatic amines is 1. The molecule has 1 N–H and O–H groups in total. The molecule has 0 aliphatic heterocycles. The zero-order chi connectivity index (χ0) is 24.9. The Hall–Kier alpha value is -4.28. The number of nitriles is 1. The summed E-state index contributed by atoms with van der Waals surface area (Å²) in [7, 11) is 0. The van der Waals surface area contributed by atoms with E-state index in [-0.39, 0.29) is 22.8 Å². The monoisotopic (exact) mass is 484 g/mol. The van der Waals surface area contributed by atoms with Gasteiger partial charge in [0.25, 0.3) is 5.56 Å². The van der Waals surface area contributed by atoms with E-state index in [1.807, 2.05) is 19.9 Å². The summed E-state index contributed by atoms with van der Waals surface area (Å²) in [4.78, 5) is 27.8.